The molecule has 8 heteroatoms. The minimum atomic E-state index is -4.45. The van der Waals surface area contributed by atoms with Gasteiger partial charge in [0.1, 0.15) is 5.76 Å². The Hall–Kier alpha value is -4.04. The van der Waals surface area contributed by atoms with Crippen molar-refractivity contribution in [1.82, 2.24) is 0 Å². The summed E-state index contributed by atoms with van der Waals surface area (Å²) in [5, 5.41) is 0.500. The number of amides is 1. The van der Waals surface area contributed by atoms with E-state index < -0.39 is 11.7 Å². The number of halogens is 3. The predicted molar refractivity (Wildman–Crippen MR) is 132 cm³/mol. The maximum absolute atomic E-state index is 13.3. The summed E-state index contributed by atoms with van der Waals surface area (Å²) in [6, 6.07) is 25.0. The fourth-order valence-electron chi connectivity index (χ4n) is 3.54. The van der Waals surface area contributed by atoms with Crippen LogP contribution in [0.15, 0.2) is 112 Å². The van der Waals surface area contributed by atoms with Gasteiger partial charge in [-0.25, -0.2) is 4.99 Å². The first-order valence-corrected chi connectivity index (χ1v) is 11.4. The van der Waals surface area contributed by atoms with Crippen LogP contribution in [0, 0.1) is 0 Å². The van der Waals surface area contributed by atoms with Crippen LogP contribution in [-0.2, 0) is 11.0 Å². The van der Waals surface area contributed by atoms with Crippen molar-refractivity contribution in [1.29, 1.82) is 0 Å². The van der Waals surface area contributed by atoms with Gasteiger partial charge in [0.2, 0.25) is 0 Å². The van der Waals surface area contributed by atoms with Crippen molar-refractivity contribution >= 4 is 40.3 Å². The summed E-state index contributed by atoms with van der Waals surface area (Å²) in [6.45, 7) is 0. The lowest BCUT2D eigenvalue weighted by Crippen LogP contribution is -2.28. The SMILES string of the molecule is O=C1C(=Cc2coc(-c3cccc(C(F)(F)F)c3)c2)SC(=Nc2ccccc2)N1c1ccccc1. The monoisotopic (exact) mass is 490 g/mol. The van der Waals surface area contributed by atoms with Crippen LogP contribution in [0.2, 0.25) is 0 Å². The zero-order valence-electron chi connectivity index (χ0n) is 18.1. The smallest absolute Gasteiger partial charge is 0.416 e. The molecule has 1 aromatic heterocycles. The molecule has 0 unspecified atom stereocenters. The van der Waals surface area contributed by atoms with Gasteiger partial charge in [0.25, 0.3) is 5.91 Å². The van der Waals surface area contributed by atoms with Crippen LogP contribution in [0.25, 0.3) is 17.4 Å². The lowest BCUT2D eigenvalue weighted by atomic mass is 10.1. The van der Waals surface area contributed by atoms with Crippen molar-refractivity contribution in [2.75, 3.05) is 4.90 Å². The number of anilines is 1. The summed E-state index contributed by atoms with van der Waals surface area (Å²) < 4.78 is 44.7. The van der Waals surface area contributed by atoms with E-state index in [1.54, 1.807) is 18.2 Å². The number of carbonyl (C=O) groups is 1. The van der Waals surface area contributed by atoms with Crippen LogP contribution in [0.4, 0.5) is 24.5 Å². The Morgan fingerprint density at radius 3 is 2.31 bits per heavy atom. The van der Waals surface area contributed by atoms with E-state index in [-0.39, 0.29) is 11.7 Å². The van der Waals surface area contributed by atoms with E-state index in [2.05, 4.69) is 4.99 Å². The van der Waals surface area contributed by atoms with E-state index in [1.807, 2.05) is 60.7 Å². The minimum Gasteiger partial charge on any atom is -0.464 e. The van der Waals surface area contributed by atoms with Crippen molar-refractivity contribution < 1.29 is 22.4 Å². The number of thioether (sulfide) groups is 1. The third kappa shape index (κ3) is 4.93. The minimum absolute atomic E-state index is 0.252. The standard InChI is InChI=1S/C27H17F3N2O2S/c28-27(29,30)20-9-7-8-19(16-20)23-14-18(17-34-23)15-24-25(33)32(22-12-5-2-6-13-22)26(35-24)31-21-10-3-1-4-11-21/h1-17H. The molecule has 35 heavy (non-hydrogen) atoms. The molecule has 2 heterocycles. The molecule has 3 aromatic carbocycles. The predicted octanol–water partition coefficient (Wildman–Crippen LogP) is 7.77. The number of amidine groups is 1. The zero-order chi connectivity index (χ0) is 24.4. The van der Waals surface area contributed by atoms with Gasteiger partial charge in [0.05, 0.1) is 28.1 Å². The maximum Gasteiger partial charge on any atom is 0.416 e. The van der Waals surface area contributed by atoms with Crippen LogP contribution in [-0.4, -0.2) is 11.1 Å². The molecule has 1 aliphatic heterocycles. The second-order valence-corrected chi connectivity index (χ2v) is 8.65. The zero-order valence-corrected chi connectivity index (χ0v) is 18.9. The van der Waals surface area contributed by atoms with Crippen LogP contribution in [0.1, 0.15) is 11.1 Å². The van der Waals surface area contributed by atoms with Gasteiger partial charge >= 0.3 is 6.18 Å². The van der Waals surface area contributed by atoms with Gasteiger partial charge in [0, 0.05) is 11.1 Å². The first-order valence-electron chi connectivity index (χ1n) is 10.6. The Morgan fingerprint density at radius 2 is 1.60 bits per heavy atom. The van der Waals surface area contributed by atoms with E-state index in [0.717, 1.165) is 12.1 Å². The Balaban J connectivity index is 1.48. The molecule has 0 atom stereocenters. The van der Waals surface area contributed by atoms with Crippen molar-refractivity contribution in [2.45, 2.75) is 6.18 Å². The fourth-order valence-corrected chi connectivity index (χ4v) is 4.55. The highest BCUT2D eigenvalue weighted by Gasteiger charge is 2.35. The Labute approximate surface area is 203 Å². The molecule has 0 aliphatic carbocycles. The third-order valence-corrected chi connectivity index (χ3v) is 6.16. The Kier molecular flexibility index (Phi) is 6.05. The topological polar surface area (TPSA) is 45.8 Å². The van der Waals surface area contributed by atoms with Crippen molar-refractivity contribution in [2.24, 2.45) is 4.99 Å². The molecule has 5 rings (SSSR count). The lowest BCUT2D eigenvalue weighted by Gasteiger charge is -2.15. The first-order chi connectivity index (χ1) is 16.9. The quantitative estimate of drug-likeness (QED) is 0.275. The normalized spacial score (nSPS) is 16.4. The molecule has 1 saturated heterocycles. The summed E-state index contributed by atoms with van der Waals surface area (Å²) in [5.41, 5.74) is 1.49. The summed E-state index contributed by atoms with van der Waals surface area (Å²) in [5.74, 6) is 0.0224. The van der Waals surface area contributed by atoms with Crippen molar-refractivity contribution in [3.63, 3.8) is 0 Å². The molecule has 4 aromatic rings. The van der Waals surface area contributed by atoms with E-state index in [0.29, 0.717) is 32.6 Å². The van der Waals surface area contributed by atoms with E-state index in [4.69, 9.17) is 4.42 Å². The molecule has 1 aliphatic rings. The van der Waals surface area contributed by atoms with E-state index in [9.17, 15) is 18.0 Å². The molecule has 0 saturated carbocycles. The largest absolute Gasteiger partial charge is 0.464 e. The van der Waals surface area contributed by atoms with E-state index >= 15 is 0 Å². The number of carbonyl (C=O) groups excluding carboxylic acids is 1. The summed E-state index contributed by atoms with van der Waals surface area (Å²) in [6.07, 6.45) is -1.39. The molecule has 1 fully saturated rings. The van der Waals surface area contributed by atoms with Gasteiger partial charge in [-0.1, -0.05) is 48.5 Å². The van der Waals surface area contributed by atoms with Crippen LogP contribution in [0.5, 0.6) is 0 Å². The number of nitrogens with zero attached hydrogens (tertiary/aromatic N) is 2. The first kappa shape index (κ1) is 22.7. The van der Waals surface area contributed by atoms with Crippen molar-refractivity contribution in [3.05, 3.63) is 113 Å². The lowest BCUT2D eigenvalue weighted by molar-refractivity contribution is -0.137. The maximum atomic E-state index is 13.3. The molecule has 4 nitrogen and oxygen atoms in total. The highest BCUT2D eigenvalue weighted by atomic mass is 32.2. The number of alkyl halides is 3. The van der Waals surface area contributed by atoms with Gasteiger partial charge in [-0.2, -0.15) is 13.2 Å². The number of hydrogen-bond donors (Lipinski definition) is 0. The number of benzene rings is 3. The van der Waals surface area contributed by atoms with Gasteiger partial charge in [-0.15, -0.1) is 0 Å². The van der Waals surface area contributed by atoms with Gasteiger partial charge in [-0.3, -0.25) is 9.69 Å². The number of hydrogen-bond acceptors (Lipinski definition) is 4. The average Bonchev–Trinajstić information content (AvgIpc) is 3.44. The molecule has 0 radical (unpaired) electrons. The molecule has 174 valence electrons. The van der Waals surface area contributed by atoms with Crippen LogP contribution < -0.4 is 4.90 Å². The Bertz CT molecular complexity index is 1430. The van der Waals surface area contributed by atoms with Gasteiger partial charge in [0.15, 0.2) is 5.17 Å². The van der Waals surface area contributed by atoms with Crippen molar-refractivity contribution in [3.8, 4) is 11.3 Å². The summed E-state index contributed by atoms with van der Waals surface area (Å²) in [4.78, 5) is 20.0. The number of aliphatic imine (C=N–C) groups is 1. The molecule has 0 bridgehead atoms. The summed E-state index contributed by atoms with van der Waals surface area (Å²) in [7, 11) is 0. The van der Waals surface area contributed by atoms with Gasteiger partial charge in [-0.05, 0) is 60.3 Å². The summed E-state index contributed by atoms with van der Waals surface area (Å²) >= 11 is 1.22. The van der Waals surface area contributed by atoms with Crippen LogP contribution >= 0.6 is 11.8 Å². The third-order valence-electron chi connectivity index (χ3n) is 5.19. The fraction of sp³-hybridized carbons (Fsp3) is 0.0370. The number of para-hydroxylation sites is 2. The highest BCUT2D eigenvalue weighted by molar-refractivity contribution is 8.19. The molecule has 0 spiro atoms. The highest BCUT2D eigenvalue weighted by Crippen LogP contribution is 2.38. The number of rotatable bonds is 4. The molecular weight excluding hydrogens is 473 g/mol. The molecule has 0 N–H and O–H groups in total. The Morgan fingerprint density at radius 1 is 0.886 bits per heavy atom. The average molecular weight is 491 g/mol. The van der Waals surface area contributed by atoms with Gasteiger partial charge < -0.3 is 4.42 Å². The molecule has 1 amide bonds. The molecular formula is C27H17F3N2O2S. The second kappa shape index (κ2) is 9.31. The number of furan rings is 1. The van der Waals surface area contributed by atoms with Crippen LogP contribution in [0.3, 0.4) is 0 Å². The second-order valence-electron chi connectivity index (χ2n) is 7.64. The van der Waals surface area contributed by atoms with E-state index in [1.165, 1.54) is 29.0 Å².